The maximum Gasteiger partial charge on any atom is 0.270 e. The van der Waals surface area contributed by atoms with Gasteiger partial charge in [-0.3, -0.25) is 14.0 Å². The number of nitrogens with one attached hydrogen (secondary N) is 1. The zero-order valence-electron chi connectivity index (χ0n) is 40.2. The van der Waals surface area contributed by atoms with Crippen LogP contribution in [0.15, 0.2) is 89.1 Å². The molecule has 1 unspecified atom stereocenters. The van der Waals surface area contributed by atoms with Crippen molar-refractivity contribution in [3.63, 3.8) is 0 Å². The number of hydrogen-bond acceptors (Lipinski definition) is 6. The number of hydrogen-bond donors (Lipinski definition) is 2. The molecule has 1 aromatic heterocycles. The predicted octanol–water partition coefficient (Wildman–Crippen LogP) is 14.0. The first kappa shape index (κ1) is 66.9. The number of halogens is 2. The summed E-state index contributed by atoms with van der Waals surface area (Å²) in [5.41, 5.74) is 3.79. The van der Waals surface area contributed by atoms with Gasteiger partial charge in [0.05, 0.1) is 11.7 Å². The van der Waals surface area contributed by atoms with E-state index in [1.165, 1.54) is 13.3 Å². The molecule has 10 heteroatoms. The predicted molar refractivity (Wildman–Crippen MR) is 259 cm³/mol. The largest absolute Gasteiger partial charge is 0.507 e. The number of phenolic OH excluding ortho intramolecular Hbond substituents is 1. The van der Waals surface area contributed by atoms with E-state index in [2.05, 4.69) is 60.6 Å². The second-order valence-corrected chi connectivity index (χ2v) is 13.0. The van der Waals surface area contributed by atoms with E-state index < -0.39 is 0 Å². The van der Waals surface area contributed by atoms with Crippen molar-refractivity contribution in [3.8, 4) is 5.75 Å². The van der Waals surface area contributed by atoms with Crippen molar-refractivity contribution in [1.82, 2.24) is 15.1 Å². The van der Waals surface area contributed by atoms with Gasteiger partial charge in [0.25, 0.3) is 5.91 Å². The quantitative estimate of drug-likeness (QED) is 0.0538. The number of nitrogens with zero attached hydrogens (tertiary/aromatic N) is 2. The molecule has 0 radical (unpaired) electrons. The summed E-state index contributed by atoms with van der Waals surface area (Å²) in [5.74, 6) is 0.772. The molecular formula is C49H85BrFN3O5. The van der Waals surface area contributed by atoms with Gasteiger partial charge < -0.3 is 20.0 Å². The van der Waals surface area contributed by atoms with E-state index in [0.29, 0.717) is 44.4 Å². The number of ether oxygens (including phenoxy) is 1. The fourth-order valence-electron chi connectivity index (χ4n) is 3.93. The van der Waals surface area contributed by atoms with Gasteiger partial charge in [-0.1, -0.05) is 125 Å². The molecule has 0 saturated carbocycles. The third-order valence-corrected chi connectivity index (χ3v) is 7.91. The fraction of sp³-hybridized carbons (Fsp3) is 0.551. The van der Waals surface area contributed by atoms with Gasteiger partial charge in [-0.25, -0.2) is 4.68 Å². The van der Waals surface area contributed by atoms with Crippen LogP contribution < -0.4 is 5.32 Å². The van der Waals surface area contributed by atoms with E-state index in [0.717, 1.165) is 52.8 Å². The van der Waals surface area contributed by atoms with Gasteiger partial charge >= 0.3 is 0 Å². The Kier molecular flexibility index (Phi) is 57.0. The average molecular weight is 895 g/mol. The maximum atomic E-state index is 13.4. The van der Waals surface area contributed by atoms with E-state index in [9.17, 15) is 23.9 Å². The Hall–Kier alpha value is -3.89. The highest BCUT2D eigenvalue weighted by molar-refractivity contribution is 9.10. The van der Waals surface area contributed by atoms with Gasteiger partial charge in [0.15, 0.2) is 5.78 Å². The van der Waals surface area contributed by atoms with E-state index in [4.69, 9.17) is 4.74 Å². The van der Waals surface area contributed by atoms with Crippen molar-refractivity contribution in [2.75, 3.05) is 20.9 Å². The number of alkyl halides is 1. The van der Waals surface area contributed by atoms with Gasteiger partial charge in [-0.2, -0.15) is 5.10 Å². The molecule has 0 aliphatic carbocycles. The molecule has 1 amide bonds. The first-order chi connectivity index (χ1) is 28.3. The second-order valence-electron chi connectivity index (χ2n) is 12.2. The van der Waals surface area contributed by atoms with Crippen LogP contribution in [-0.4, -0.2) is 59.8 Å². The Labute approximate surface area is 369 Å². The van der Waals surface area contributed by atoms with Crippen molar-refractivity contribution in [1.29, 1.82) is 0 Å². The lowest BCUT2D eigenvalue weighted by molar-refractivity contribution is -0.116. The molecule has 1 atom stereocenters. The Morgan fingerprint density at radius 1 is 1.03 bits per heavy atom. The van der Waals surface area contributed by atoms with Crippen LogP contribution >= 0.6 is 15.9 Å². The number of Topliss-reactive ketones (excluding diaryl/α,β-unsaturated/α-hetero) is 1. The number of aromatic hydroxyl groups is 1. The molecule has 0 aliphatic heterocycles. The number of allylic oxidation sites excluding steroid dienone is 6. The SMILES string of the molecule is C=CC.CC.CC.CC.CC/C=C(/C=C(/C(=O)NC(/C=C/CCOC)CC/C(C)=C/CC=O)n1nccc1C)C(C)=O.CCC(C)C.CCc1ccc(Br)c(O)c1.CF. The van der Waals surface area contributed by atoms with Gasteiger partial charge in [-0.05, 0) is 111 Å². The zero-order chi connectivity index (χ0) is 47.2. The van der Waals surface area contributed by atoms with Gasteiger partial charge in [0.2, 0.25) is 0 Å². The highest BCUT2D eigenvalue weighted by Gasteiger charge is 2.19. The number of aromatic nitrogens is 2. The average Bonchev–Trinajstić information content (AvgIpc) is 3.68. The number of rotatable bonds is 17. The van der Waals surface area contributed by atoms with Crippen LogP contribution in [0.2, 0.25) is 0 Å². The van der Waals surface area contributed by atoms with Crippen molar-refractivity contribution in [3.05, 3.63) is 100 Å². The molecule has 0 saturated heterocycles. The van der Waals surface area contributed by atoms with Crippen molar-refractivity contribution in [2.24, 2.45) is 5.92 Å². The minimum absolute atomic E-state index is 0.112. The first-order valence-corrected chi connectivity index (χ1v) is 22.0. The second kappa shape index (κ2) is 50.3. The molecule has 340 valence electrons. The third kappa shape index (κ3) is 39.3. The zero-order valence-corrected chi connectivity index (χ0v) is 41.8. The van der Waals surface area contributed by atoms with E-state index in [1.54, 1.807) is 48.3 Å². The molecule has 2 aromatic rings. The minimum atomic E-state index is -0.319. The molecule has 8 nitrogen and oxygen atoms in total. The lowest BCUT2D eigenvalue weighted by atomic mass is 10.0. The summed E-state index contributed by atoms with van der Waals surface area (Å²) in [6.07, 6.45) is 19.0. The molecule has 0 fully saturated rings. The molecule has 0 spiro atoms. The van der Waals surface area contributed by atoms with Crippen LogP contribution in [0.1, 0.15) is 147 Å². The molecular weight excluding hydrogens is 809 g/mol. The van der Waals surface area contributed by atoms with E-state index >= 15 is 0 Å². The number of benzene rings is 1. The lowest BCUT2D eigenvalue weighted by Crippen LogP contribution is -2.36. The van der Waals surface area contributed by atoms with Crippen LogP contribution in [0.3, 0.4) is 0 Å². The number of carbonyl (C=O) groups excluding carboxylic acids is 3. The molecule has 0 bridgehead atoms. The summed E-state index contributed by atoms with van der Waals surface area (Å²) in [4.78, 5) is 36.1. The molecule has 2 rings (SSSR count). The summed E-state index contributed by atoms with van der Waals surface area (Å²) in [6.45, 7) is 33.8. The number of amides is 1. The first-order valence-electron chi connectivity index (χ1n) is 21.2. The summed E-state index contributed by atoms with van der Waals surface area (Å²) in [6, 6.07) is 7.19. The van der Waals surface area contributed by atoms with Gasteiger partial charge in [0, 0.05) is 43.6 Å². The third-order valence-electron chi connectivity index (χ3n) is 7.24. The van der Waals surface area contributed by atoms with Crippen molar-refractivity contribution >= 4 is 39.6 Å². The highest BCUT2D eigenvalue weighted by atomic mass is 79.9. The van der Waals surface area contributed by atoms with Crippen LogP contribution in [-0.2, 0) is 25.5 Å². The summed E-state index contributed by atoms with van der Waals surface area (Å²) in [5, 5.41) is 16.5. The number of aryl methyl sites for hydroxylation is 2. The number of carbonyl (C=O) groups is 3. The monoisotopic (exact) mass is 894 g/mol. The number of aldehydes is 1. The minimum Gasteiger partial charge on any atom is -0.507 e. The molecule has 0 aliphatic rings. The number of ketones is 1. The fourth-order valence-corrected chi connectivity index (χ4v) is 4.18. The summed E-state index contributed by atoms with van der Waals surface area (Å²) < 4.78 is 16.9. The Morgan fingerprint density at radius 3 is 2.00 bits per heavy atom. The standard InChI is InChI=1S/C26H37N3O4.C8H9BrO.C5H12.C3H6.3C2H6.CH3F/c1-6-10-23(22(4)31)19-25(29-21(3)15-16-27-29)26(32)28-24(12-7-8-18-33-5)14-13-20(2)11-9-17-30;1-2-6-3-4-7(9)8(10)5-6;1-4-5(2)3;1-3-2;4*1-2/h7,10-12,15-17,19,24H,6,8-9,13-14,18H2,1-5H3,(H,28,32);3-5,10H,2H2,1H3;5H,4H2,1-3H3;3H,1H2,2H3;3*1-2H3;1H3/b12-7+,20-11+,23-10-,25-19-;;;;;;;. The smallest absolute Gasteiger partial charge is 0.270 e. The summed E-state index contributed by atoms with van der Waals surface area (Å²) >= 11 is 3.21. The van der Waals surface area contributed by atoms with E-state index in [-0.39, 0.29) is 23.4 Å². The van der Waals surface area contributed by atoms with Gasteiger partial charge in [-0.15, -0.1) is 6.58 Å². The highest BCUT2D eigenvalue weighted by Crippen LogP contribution is 2.24. The van der Waals surface area contributed by atoms with Gasteiger partial charge in [0.1, 0.15) is 17.7 Å². The lowest BCUT2D eigenvalue weighted by Gasteiger charge is -2.18. The Balaban J connectivity index is -0.000000219. The van der Waals surface area contributed by atoms with Crippen LogP contribution in [0, 0.1) is 12.8 Å². The maximum absolute atomic E-state index is 13.4. The van der Waals surface area contributed by atoms with Crippen LogP contribution in [0.5, 0.6) is 5.75 Å². The Bertz CT molecular complexity index is 1430. The van der Waals surface area contributed by atoms with Crippen molar-refractivity contribution in [2.45, 2.75) is 155 Å². The van der Waals surface area contributed by atoms with E-state index in [1.807, 2.05) is 99.6 Å². The summed E-state index contributed by atoms with van der Waals surface area (Å²) in [7, 11) is 2.15. The number of methoxy groups -OCH3 is 1. The molecule has 59 heavy (non-hydrogen) atoms. The molecule has 1 aromatic carbocycles. The Morgan fingerprint density at radius 2 is 1.59 bits per heavy atom. The molecule has 2 N–H and O–H groups in total. The topological polar surface area (TPSA) is 111 Å². The van der Waals surface area contributed by atoms with Crippen LogP contribution in [0.25, 0.3) is 5.70 Å². The molecule has 1 heterocycles. The van der Waals surface area contributed by atoms with Crippen molar-refractivity contribution < 1.29 is 28.6 Å². The normalized spacial score (nSPS) is 10.9. The van der Waals surface area contributed by atoms with Crippen LogP contribution in [0.4, 0.5) is 4.39 Å². The number of phenols is 1.